The van der Waals surface area contributed by atoms with E-state index in [0.29, 0.717) is 10.8 Å². The third kappa shape index (κ3) is 3.19. The summed E-state index contributed by atoms with van der Waals surface area (Å²) in [6.07, 6.45) is 2.66. The minimum absolute atomic E-state index is 0.0356. The summed E-state index contributed by atoms with van der Waals surface area (Å²) >= 11 is 12.4. The lowest BCUT2D eigenvalue weighted by molar-refractivity contribution is -0.157. The van der Waals surface area contributed by atoms with E-state index in [1.807, 2.05) is 38.2 Å². The molecule has 5 rings (SSSR count). The van der Waals surface area contributed by atoms with E-state index in [2.05, 4.69) is 26.7 Å². The standard InChI is InChI=1S/C21H21Cl2N3O3/c1-21(2)28-16-14(11-4-6-12(27-3)7-5-11)10-15(17(16)29-21)26-9-8-13-18(22)24-20(23)25-19(13)26/h4-9,14-17H,10H2,1-3H3/t14-,15-,16-,17+/m1/s1. The van der Waals surface area contributed by atoms with E-state index in [9.17, 15) is 0 Å². The van der Waals surface area contributed by atoms with Crippen LogP contribution < -0.4 is 4.74 Å². The van der Waals surface area contributed by atoms with E-state index < -0.39 is 5.79 Å². The van der Waals surface area contributed by atoms with Crippen LogP contribution in [0.3, 0.4) is 0 Å². The van der Waals surface area contributed by atoms with Gasteiger partial charge in [-0.15, -0.1) is 0 Å². The van der Waals surface area contributed by atoms with Gasteiger partial charge in [0.15, 0.2) is 5.79 Å². The zero-order valence-electron chi connectivity index (χ0n) is 16.3. The average molecular weight is 434 g/mol. The van der Waals surface area contributed by atoms with Gasteiger partial charge in [0, 0.05) is 12.1 Å². The van der Waals surface area contributed by atoms with Gasteiger partial charge in [-0.2, -0.15) is 4.98 Å². The molecule has 0 amide bonds. The van der Waals surface area contributed by atoms with Crippen molar-refractivity contribution in [2.75, 3.05) is 7.11 Å². The molecule has 152 valence electrons. The van der Waals surface area contributed by atoms with Crippen molar-refractivity contribution in [2.24, 2.45) is 0 Å². The second-order valence-electron chi connectivity index (χ2n) is 7.99. The molecule has 2 aliphatic rings. The number of aromatic nitrogens is 3. The van der Waals surface area contributed by atoms with Crippen molar-refractivity contribution in [3.8, 4) is 5.75 Å². The summed E-state index contributed by atoms with van der Waals surface area (Å²) < 4.78 is 20.1. The number of ether oxygens (including phenoxy) is 3. The first-order valence-corrected chi connectivity index (χ1v) is 10.3. The SMILES string of the molecule is COc1ccc([C@H]2C[C@@H](n3ccc4c(Cl)nc(Cl)nc43)[C@@H]3OC(C)(C)O[C@@H]32)cc1. The summed E-state index contributed by atoms with van der Waals surface area (Å²) in [5, 5.41) is 1.26. The van der Waals surface area contributed by atoms with Crippen LogP contribution in [0, 0.1) is 0 Å². The van der Waals surface area contributed by atoms with Crippen LogP contribution >= 0.6 is 23.2 Å². The third-order valence-electron chi connectivity index (χ3n) is 5.83. The molecule has 3 heterocycles. The van der Waals surface area contributed by atoms with Crippen LogP contribution in [-0.2, 0) is 9.47 Å². The quantitative estimate of drug-likeness (QED) is 0.429. The minimum atomic E-state index is -0.647. The maximum absolute atomic E-state index is 6.34. The molecule has 3 aromatic rings. The van der Waals surface area contributed by atoms with Crippen LogP contribution in [0.5, 0.6) is 5.75 Å². The summed E-state index contributed by atoms with van der Waals surface area (Å²) in [6.45, 7) is 3.91. The van der Waals surface area contributed by atoms with E-state index in [0.717, 1.165) is 17.6 Å². The predicted molar refractivity (Wildman–Crippen MR) is 111 cm³/mol. The molecule has 0 unspecified atom stereocenters. The Balaban J connectivity index is 1.57. The van der Waals surface area contributed by atoms with Gasteiger partial charge in [0.2, 0.25) is 5.28 Å². The lowest BCUT2D eigenvalue weighted by Crippen LogP contribution is -2.27. The lowest BCUT2D eigenvalue weighted by Gasteiger charge is -2.24. The van der Waals surface area contributed by atoms with Crippen LogP contribution in [0.1, 0.15) is 37.8 Å². The molecule has 0 spiro atoms. The van der Waals surface area contributed by atoms with Crippen molar-refractivity contribution < 1.29 is 14.2 Å². The molecule has 0 bridgehead atoms. The summed E-state index contributed by atoms with van der Waals surface area (Å²) in [5.41, 5.74) is 1.91. The molecule has 0 radical (unpaired) electrons. The number of benzene rings is 1. The number of fused-ring (bicyclic) bond motifs is 2. The fourth-order valence-electron chi connectivity index (χ4n) is 4.64. The van der Waals surface area contributed by atoms with Gasteiger partial charge < -0.3 is 18.8 Å². The fourth-order valence-corrected chi connectivity index (χ4v) is 5.08. The van der Waals surface area contributed by atoms with Gasteiger partial charge in [-0.05, 0) is 55.6 Å². The van der Waals surface area contributed by atoms with E-state index in [4.69, 9.17) is 37.4 Å². The summed E-state index contributed by atoms with van der Waals surface area (Å²) in [4.78, 5) is 8.48. The van der Waals surface area contributed by atoms with Crippen molar-refractivity contribution in [3.63, 3.8) is 0 Å². The molecule has 2 fully saturated rings. The molecular weight excluding hydrogens is 413 g/mol. The van der Waals surface area contributed by atoms with Crippen molar-refractivity contribution in [1.29, 1.82) is 0 Å². The van der Waals surface area contributed by atoms with Gasteiger partial charge >= 0.3 is 0 Å². The first-order chi connectivity index (χ1) is 13.9. The second kappa shape index (κ2) is 6.84. The number of rotatable bonds is 3. The summed E-state index contributed by atoms with van der Waals surface area (Å²) in [5.74, 6) is 0.371. The van der Waals surface area contributed by atoms with Crippen LogP contribution in [0.2, 0.25) is 10.4 Å². The number of hydrogen-bond donors (Lipinski definition) is 0. The van der Waals surface area contributed by atoms with Crippen LogP contribution in [0.4, 0.5) is 0 Å². The molecule has 0 N–H and O–H groups in total. The molecule has 1 saturated carbocycles. The average Bonchev–Trinajstić information content (AvgIpc) is 3.32. The maximum Gasteiger partial charge on any atom is 0.225 e. The predicted octanol–water partition coefficient (Wildman–Crippen LogP) is 5.00. The molecular formula is C21H21Cl2N3O3. The second-order valence-corrected chi connectivity index (χ2v) is 8.69. The van der Waals surface area contributed by atoms with Crippen molar-refractivity contribution in [3.05, 3.63) is 52.5 Å². The minimum Gasteiger partial charge on any atom is -0.497 e. The molecule has 29 heavy (non-hydrogen) atoms. The number of halogens is 2. The largest absolute Gasteiger partial charge is 0.497 e. The molecule has 2 aromatic heterocycles. The smallest absolute Gasteiger partial charge is 0.225 e. The Labute approximate surface area is 178 Å². The monoisotopic (exact) mass is 433 g/mol. The zero-order valence-corrected chi connectivity index (χ0v) is 17.8. The van der Waals surface area contributed by atoms with Gasteiger partial charge in [0.05, 0.1) is 24.6 Å². The molecule has 1 saturated heterocycles. The first-order valence-electron chi connectivity index (χ1n) is 9.55. The van der Waals surface area contributed by atoms with E-state index in [1.165, 1.54) is 5.56 Å². The Hall–Kier alpha value is -1.86. The number of methoxy groups -OCH3 is 1. The molecule has 4 atom stereocenters. The summed E-state index contributed by atoms with van der Waals surface area (Å²) in [6, 6.07) is 10.1. The van der Waals surface area contributed by atoms with Crippen LogP contribution in [0.15, 0.2) is 36.5 Å². The Morgan fingerprint density at radius 1 is 1.07 bits per heavy atom. The van der Waals surface area contributed by atoms with Gasteiger partial charge in [-0.1, -0.05) is 23.7 Å². The van der Waals surface area contributed by atoms with Crippen molar-refractivity contribution in [1.82, 2.24) is 14.5 Å². The van der Waals surface area contributed by atoms with Crippen LogP contribution in [0.25, 0.3) is 11.0 Å². The van der Waals surface area contributed by atoms with E-state index in [1.54, 1.807) is 7.11 Å². The first kappa shape index (κ1) is 19.1. The topological polar surface area (TPSA) is 58.4 Å². The highest BCUT2D eigenvalue weighted by molar-refractivity contribution is 6.35. The van der Waals surface area contributed by atoms with Gasteiger partial charge in [0.1, 0.15) is 22.7 Å². The van der Waals surface area contributed by atoms with Gasteiger partial charge in [0.25, 0.3) is 0 Å². The Kier molecular flexibility index (Phi) is 4.51. The van der Waals surface area contributed by atoms with Crippen molar-refractivity contribution in [2.45, 2.75) is 50.2 Å². The zero-order chi connectivity index (χ0) is 20.3. The molecule has 1 aromatic carbocycles. The summed E-state index contributed by atoms with van der Waals surface area (Å²) in [7, 11) is 1.67. The van der Waals surface area contributed by atoms with Gasteiger partial charge in [-0.25, -0.2) is 4.98 Å². The maximum atomic E-state index is 6.34. The van der Waals surface area contributed by atoms with Gasteiger partial charge in [-0.3, -0.25) is 0 Å². The number of hydrogen-bond acceptors (Lipinski definition) is 5. The van der Waals surface area contributed by atoms with E-state index >= 15 is 0 Å². The highest BCUT2D eigenvalue weighted by Gasteiger charge is 2.55. The molecule has 6 nitrogen and oxygen atoms in total. The normalized spacial score (nSPS) is 28.0. The van der Waals surface area contributed by atoms with Crippen LogP contribution in [-0.4, -0.2) is 39.6 Å². The third-order valence-corrected chi connectivity index (χ3v) is 6.29. The Morgan fingerprint density at radius 2 is 1.79 bits per heavy atom. The highest BCUT2D eigenvalue weighted by Crippen LogP contribution is 2.51. The Bertz CT molecular complexity index is 1070. The molecule has 8 heteroatoms. The highest BCUT2D eigenvalue weighted by atomic mass is 35.5. The Morgan fingerprint density at radius 3 is 2.52 bits per heavy atom. The number of nitrogens with zero attached hydrogens (tertiary/aromatic N) is 3. The van der Waals surface area contributed by atoms with Crippen molar-refractivity contribution >= 4 is 34.2 Å². The molecule has 1 aliphatic carbocycles. The fraction of sp³-hybridized carbons (Fsp3) is 0.429. The lowest BCUT2D eigenvalue weighted by atomic mass is 9.95. The van der Waals surface area contributed by atoms with E-state index in [-0.39, 0.29) is 29.5 Å². The molecule has 1 aliphatic heterocycles.